The molecule has 1 heterocycles. The van der Waals surface area contributed by atoms with Crippen molar-refractivity contribution in [2.45, 2.75) is 19.6 Å². The second-order valence-electron chi connectivity index (χ2n) is 7.50. The molecule has 0 aromatic heterocycles. The van der Waals surface area contributed by atoms with Crippen molar-refractivity contribution in [1.29, 1.82) is 0 Å². The molecule has 0 spiro atoms. The first-order valence-electron chi connectivity index (χ1n) is 9.69. The van der Waals surface area contributed by atoms with Gasteiger partial charge in [-0.3, -0.25) is 14.5 Å². The van der Waals surface area contributed by atoms with Crippen molar-refractivity contribution in [3.8, 4) is 17.2 Å². The highest BCUT2D eigenvalue weighted by molar-refractivity contribution is 5.92. The van der Waals surface area contributed by atoms with Crippen LogP contribution in [0.1, 0.15) is 19.4 Å². The molecule has 0 aliphatic carbocycles. The van der Waals surface area contributed by atoms with E-state index in [1.165, 1.54) is 41.3 Å². The van der Waals surface area contributed by atoms with Crippen LogP contribution >= 0.6 is 0 Å². The van der Waals surface area contributed by atoms with E-state index >= 15 is 0 Å². The molecule has 0 atom stereocenters. The Hall–Kier alpha value is -2.78. The Balaban J connectivity index is 1.93. The van der Waals surface area contributed by atoms with Gasteiger partial charge in [-0.05, 0) is 37.6 Å². The van der Waals surface area contributed by atoms with Crippen molar-refractivity contribution in [1.82, 2.24) is 15.1 Å². The van der Waals surface area contributed by atoms with Crippen LogP contribution in [0.3, 0.4) is 0 Å². The van der Waals surface area contributed by atoms with E-state index in [4.69, 9.17) is 14.2 Å². The van der Waals surface area contributed by atoms with Gasteiger partial charge in [0.2, 0.25) is 17.6 Å². The molecule has 9 heteroatoms. The molecule has 1 aromatic carbocycles. The molecule has 9 nitrogen and oxygen atoms in total. The van der Waals surface area contributed by atoms with Crippen molar-refractivity contribution in [3.63, 3.8) is 0 Å². The number of nitrogens with one attached hydrogen (secondary N) is 1. The van der Waals surface area contributed by atoms with Gasteiger partial charge in [-0.2, -0.15) is 0 Å². The van der Waals surface area contributed by atoms with E-state index in [1.807, 2.05) is 4.90 Å². The Bertz CT molecular complexity index is 754. The average Bonchev–Trinajstić information content (AvgIpc) is 2.70. The van der Waals surface area contributed by atoms with Crippen LogP contribution in [0, 0.1) is 0 Å². The molecule has 0 saturated carbocycles. The fraction of sp³-hybridized carbons (Fsp3) is 0.524. The molecule has 2 amide bonds. The predicted molar refractivity (Wildman–Crippen MR) is 113 cm³/mol. The first kappa shape index (κ1) is 23.5. The summed E-state index contributed by atoms with van der Waals surface area (Å²) in [6.07, 6.45) is 3.22. The fourth-order valence-electron chi connectivity index (χ4n) is 3.18. The second-order valence-corrected chi connectivity index (χ2v) is 7.50. The van der Waals surface area contributed by atoms with Crippen LogP contribution in [0.4, 0.5) is 0 Å². The normalized spacial score (nSPS) is 15.2. The zero-order chi connectivity index (χ0) is 22.3. The zero-order valence-corrected chi connectivity index (χ0v) is 18.2. The summed E-state index contributed by atoms with van der Waals surface area (Å²) < 4.78 is 16.0. The second kappa shape index (κ2) is 10.3. The third-order valence-corrected chi connectivity index (χ3v) is 4.60. The van der Waals surface area contributed by atoms with Crippen molar-refractivity contribution in [2.75, 3.05) is 54.1 Å². The van der Waals surface area contributed by atoms with Gasteiger partial charge < -0.3 is 29.5 Å². The number of amides is 2. The van der Waals surface area contributed by atoms with Gasteiger partial charge >= 0.3 is 0 Å². The predicted octanol–water partition coefficient (Wildman–Crippen LogP) is 0.714. The van der Waals surface area contributed by atoms with Crippen LogP contribution in [-0.4, -0.2) is 86.5 Å². The van der Waals surface area contributed by atoms with E-state index in [0.29, 0.717) is 43.4 Å². The van der Waals surface area contributed by atoms with Gasteiger partial charge in [0.05, 0.1) is 27.9 Å². The zero-order valence-electron chi connectivity index (χ0n) is 18.2. The topological polar surface area (TPSA) is 101 Å². The summed E-state index contributed by atoms with van der Waals surface area (Å²) in [6, 6.07) is 3.54. The van der Waals surface area contributed by atoms with Gasteiger partial charge in [0.25, 0.3) is 0 Å². The van der Waals surface area contributed by atoms with Crippen LogP contribution in [0.15, 0.2) is 18.2 Å². The van der Waals surface area contributed by atoms with E-state index < -0.39 is 5.72 Å². The lowest BCUT2D eigenvalue weighted by Gasteiger charge is -2.34. The third kappa shape index (κ3) is 6.64. The molecule has 30 heavy (non-hydrogen) atoms. The molecule has 1 aromatic rings. The molecular formula is C21H31N3O6. The molecule has 1 fully saturated rings. The molecule has 1 saturated heterocycles. The SMILES string of the molecule is COc1cc(C=CC(=O)N2CCN(CC(=O)NC(C)(C)O)CC2)cc(OC)c1OC. The van der Waals surface area contributed by atoms with Gasteiger partial charge in [-0.1, -0.05) is 0 Å². The van der Waals surface area contributed by atoms with Crippen molar-refractivity contribution >= 4 is 17.9 Å². The lowest BCUT2D eigenvalue weighted by atomic mass is 10.1. The summed E-state index contributed by atoms with van der Waals surface area (Å²) in [4.78, 5) is 28.1. The molecule has 166 valence electrons. The van der Waals surface area contributed by atoms with Crippen LogP contribution < -0.4 is 19.5 Å². The number of rotatable bonds is 8. The van der Waals surface area contributed by atoms with E-state index in [2.05, 4.69) is 5.32 Å². The highest BCUT2D eigenvalue weighted by Crippen LogP contribution is 2.38. The number of hydrogen-bond acceptors (Lipinski definition) is 7. The number of benzene rings is 1. The number of hydrogen-bond donors (Lipinski definition) is 2. The summed E-state index contributed by atoms with van der Waals surface area (Å²) in [5.41, 5.74) is -0.494. The maximum atomic E-state index is 12.5. The average molecular weight is 421 g/mol. The molecule has 0 unspecified atom stereocenters. The summed E-state index contributed by atoms with van der Waals surface area (Å²) in [6.45, 7) is 5.44. The monoisotopic (exact) mass is 421 g/mol. The van der Waals surface area contributed by atoms with Gasteiger partial charge in [0.1, 0.15) is 5.72 Å². The van der Waals surface area contributed by atoms with E-state index in [0.717, 1.165) is 5.56 Å². The van der Waals surface area contributed by atoms with Crippen molar-refractivity contribution in [3.05, 3.63) is 23.8 Å². The summed E-state index contributed by atoms with van der Waals surface area (Å²) >= 11 is 0. The number of nitrogens with zero attached hydrogens (tertiary/aromatic N) is 2. The van der Waals surface area contributed by atoms with Gasteiger partial charge in [-0.25, -0.2) is 0 Å². The summed E-state index contributed by atoms with van der Waals surface area (Å²) in [5.74, 6) is 1.17. The number of aliphatic hydroxyl groups is 1. The van der Waals surface area contributed by atoms with Crippen LogP contribution in [0.2, 0.25) is 0 Å². The number of carbonyl (C=O) groups is 2. The molecular weight excluding hydrogens is 390 g/mol. The molecule has 0 bridgehead atoms. The highest BCUT2D eigenvalue weighted by Gasteiger charge is 2.23. The summed E-state index contributed by atoms with van der Waals surface area (Å²) in [5, 5.41) is 12.2. The minimum Gasteiger partial charge on any atom is -0.493 e. The Morgan fingerprint density at radius 3 is 2.10 bits per heavy atom. The van der Waals surface area contributed by atoms with Gasteiger partial charge in [-0.15, -0.1) is 0 Å². The first-order chi connectivity index (χ1) is 14.2. The minimum atomic E-state index is -1.24. The third-order valence-electron chi connectivity index (χ3n) is 4.60. The van der Waals surface area contributed by atoms with Crippen LogP contribution in [-0.2, 0) is 9.59 Å². The molecule has 2 rings (SSSR count). The van der Waals surface area contributed by atoms with E-state index in [-0.39, 0.29) is 18.4 Å². The Morgan fingerprint density at radius 1 is 1.07 bits per heavy atom. The Labute approximate surface area is 177 Å². The van der Waals surface area contributed by atoms with Crippen molar-refractivity contribution in [2.24, 2.45) is 0 Å². The van der Waals surface area contributed by atoms with Crippen molar-refractivity contribution < 1.29 is 28.9 Å². The lowest BCUT2D eigenvalue weighted by molar-refractivity contribution is -0.130. The standard InChI is InChI=1S/C21H31N3O6/c1-21(2,27)22-18(25)14-23-8-10-24(11-9-23)19(26)7-6-15-12-16(28-3)20(30-5)17(13-15)29-4/h6-7,12-13,27H,8-11,14H2,1-5H3,(H,22,25). The largest absolute Gasteiger partial charge is 0.493 e. The van der Waals surface area contributed by atoms with E-state index in [1.54, 1.807) is 23.1 Å². The number of ether oxygens (including phenoxy) is 3. The summed E-state index contributed by atoms with van der Waals surface area (Å²) in [7, 11) is 4.61. The van der Waals surface area contributed by atoms with E-state index in [9.17, 15) is 14.7 Å². The number of methoxy groups -OCH3 is 3. The maximum Gasteiger partial charge on any atom is 0.246 e. The van der Waals surface area contributed by atoms with Crippen LogP contribution in [0.5, 0.6) is 17.2 Å². The van der Waals surface area contributed by atoms with Crippen LogP contribution in [0.25, 0.3) is 6.08 Å². The Morgan fingerprint density at radius 2 is 1.63 bits per heavy atom. The smallest absolute Gasteiger partial charge is 0.246 e. The molecule has 1 aliphatic heterocycles. The molecule has 2 N–H and O–H groups in total. The number of piperazine rings is 1. The molecule has 1 aliphatic rings. The highest BCUT2D eigenvalue weighted by atomic mass is 16.5. The van der Waals surface area contributed by atoms with Gasteiger partial charge in [0, 0.05) is 32.3 Å². The Kier molecular flexibility index (Phi) is 8.08. The molecule has 0 radical (unpaired) electrons. The first-order valence-corrected chi connectivity index (χ1v) is 9.69. The minimum absolute atomic E-state index is 0.107. The number of carbonyl (C=O) groups excluding carboxylic acids is 2. The quantitative estimate of drug-likeness (QED) is 0.471. The lowest BCUT2D eigenvalue weighted by Crippen LogP contribution is -2.53. The van der Waals surface area contributed by atoms with Gasteiger partial charge in [0.15, 0.2) is 11.5 Å². The fourth-order valence-corrected chi connectivity index (χ4v) is 3.18. The maximum absolute atomic E-state index is 12.5.